The van der Waals surface area contributed by atoms with Crippen molar-refractivity contribution in [2.75, 3.05) is 55.6 Å². The Labute approximate surface area is 223 Å². The topological polar surface area (TPSA) is 138 Å². The molecular weight excluding hydrogens is 514 g/mol. The summed E-state index contributed by atoms with van der Waals surface area (Å²) in [7, 11) is 0. The summed E-state index contributed by atoms with van der Waals surface area (Å²) in [6.07, 6.45) is 5.11. The largest absolute Gasteiger partial charge is 0.443 e. The van der Waals surface area contributed by atoms with E-state index in [4.69, 9.17) is 10.5 Å². The van der Waals surface area contributed by atoms with Gasteiger partial charge in [0.1, 0.15) is 11.8 Å². The molecule has 1 unspecified atom stereocenters. The minimum Gasteiger partial charge on any atom is -0.443 e. The van der Waals surface area contributed by atoms with E-state index in [9.17, 15) is 23.2 Å². The highest BCUT2D eigenvalue weighted by Gasteiger charge is 2.33. The van der Waals surface area contributed by atoms with Crippen molar-refractivity contribution in [2.45, 2.75) is 19.4 Å². The molecule has 5 rings (SSSR count). The quantitative estimate of drug-likeness (QED) is 0.333. The van der Waals surface area contributed by atoms with Crippen LogP contribution in [0.1, 0.15) is 12.1 Å². The Bertz CT molecular complexity index is 1270. The van der Waals surface area contributed by atoms with E-state index in [1.54, 1.807) is 11.1 Å². The number of nitrogens with two attached hydrogens (primary N) is 1. The molecule has 2 fully saturated rings. The average molecular weight is 545 g/mol. The monoisotopic (exact) mass is 544 g/mol. The highest BCUT2D eigenvalue weighted by atomic mass is 19.1. The highest BCUT2D eigenvalue weighted by molar-refractivity contribution is 5.90. The van der Waals surface area contributed by atoms with Crippen LogP contribution in [-0.4, -0.2) is 89.6 Å². The molecule has 12 nitrogen and oxygen atoms in total. The maximum atomic E-state index is 14.7. The van der Waals surface area contributed by atoms with E-state index >= 15 is 0 Å². The first kappa shape index (κ1) is 27.7. The van der Waals surface area contributed by atoms with E-state index in [0.717, 1.165) is 28.5 Å². The van der Waals surface area contributed by atoms with Crippen molar-refractivity contribution < 1.29 is 27.9 Å². The molecule has 3 aromatic rings. The van der Waals surface area contributed by atoms with Gasteiger partial charge in [-0.15, -0.1) is 0 Å². The molecule has 4 heterocycles. The zero-order valence-corrected chi connectivity index (χ0v) is 21.4. The number of amides is 3. The maximum Gasteiger partial charge on any atom is 0.414 e. The van der Waals surface area contributed by atoms with Crippen molar-refractivity contribution in [2.24, 2.45) is 5.73 Å². The number of aryl methyl sites for hydroxylation is 1. The van der Waals surface area contributed by atoms with Gasteiger partial charge in [0.2, 0.25) is 18.1 Å². The smallest absolute Gasteiger partial charge is 0.414 e. The lowest BCUT2D eigenvalue weighted by Gasteiger charge is -2.36. The molecule has 2 aliphatic rings. The number of hydrogen-bond donors (Lipinski definition) is 2. The number of halogens is 2. The lowest BCUT2D eigenvalue weighted by atomic mass is 10.2. The number of ether oxygens (including phenoxy) is 1. The summed E-state index contributed by atoms with van der Waals surface area (Å²) in [4.78, 5) is 46.7. The number of rotatable bonds is 7. The summed E-state index contributed by atoms with van der Waals surface area (Å²) >= 11 is 0. The van der Waals surface area contributed by atoms with Crippen LogP contribution in [0.25, 0.3) is 5.78 Å². The Hall–Kier alpha value is -4.33. The SMILES string of the molecule is Cc1cn2cccnc2n1.NCC1CN(c2cc(F)c(N3CCN(C(=O)CCNC=O)CC3)c(F)c2)C(=O)O1. The number of anilines is 2. The van der Waals surface area contributed by atoms with Gasteiger partial charge in [0.15, 0.2) is 11.6 Å². The number of nitrogens with one attached hydrogen (secondary N) is 1. The Morgan fingerprint density at radius 2 is 1.95 bits per heavy atom. The minimum atomic E-state index is -0.793. The molecule has 0 saturated carbocycles. The van der Waals surface area contributed by atoms with Crippen molar-refractivity contribution in [3.63, 3.8) is 0 Å². The molecule has 14 heteroatoms. The molecule has 0 bridgehead atoms. The van der Waals surface area contributed by atoms with Crippen molar-refractivity contribution in [1.29, 1.82) is 0 Å². The van der Waals surface area contributed by atoms with E-state index < -0.39 is 23.8 Å². The lowest BCUT2D eigenvalue weighted by Crippen LogP contribution is -2.49. The first-order valence-electron chi connectivity index (χ1n) is 12.4. The Morgan fingerprint density at radius 3 is 2.56 bits per heavy atom. The normalized spacial score (nSPS) is 17.1. The van der Waals surface area contributed by atoms with Gasteiger partial charge in [0, 0.05) is 76.4 Å². The number of hydrogen-bond acceptors (Lipinski definition) is 8. The molecule has 1 atom stereocenters. The molecule has 2 saturated heterocycles. The van der Waals surface area contributed by atoms with Crippen LogP contribution in [-0.2, 0) is 14.3 Å². The fourth-order valence-corrected chi connectivity index (χ4v) is 4.39. The number of benzene rings is 1. The van der Waals surface area contributed by atoms with Gasteiger partial charge in [-0.25, -0.2) is 23.5 Å². The molecule has 39 heavy (non-hydrogen) atoms. The van der Waals surface area contributed by atoms with Gasteiger partial charge < -0.3 is 25.6 Å². The van der Waals surface area contributed by atoms with Crippen LogP contribution in [0.4, 0.5) is 25.0 Å². The number of nitrogens with zero attached hydrogens (tertiary/aromatic N) is 6. The zero-order chi connectivity index (χ0) is 27.9. The number of piperazine rings is 1. The predicted molar refractivity (Wildman–Crippen MR) is 138 cm³/mol. The zero-order valence-electron chi connectivity index (χ0n) is 21.4. The molecule has 0 spiro atoms. The van der Waals surface area contributed by atoms with Crippen LogP contribution >= 0.6 is 0 Å². The maximum absolute atomic E-state index is 14.7. The summed E-state index contributed by atoms with van der Waals surface area (Å²) < 4.78 is 36.3. The molecule has 1 aromatic carbocycles. The van der Waals surface area contributed by atoms with Crippen LogP contribution in [0.2, 0.25) is 0 Å². The van der Waals surface area contributed by atoms with Crippen molar-refractivity contribution in [3.8, 4) is 0 Å². The van der Waals surface area contributed by atoms with Crippen LogP contribution in [0, 0.1) is 18.6 Å². The van der Waals surface area contributed by atoms with E-state index in [-0.39, 0.29) is 56.4 Å². The summed E-state index contributed by atoms with van der Waals surface area (Å²) in [5.74, 6) is -0.949. The molecule has 208 valence electrons. The van der Waals surface area contributed by atoms with Gasteiger partial charge >= 0.3 is 6.09 Å². The van der Waals surface area contributed by atoms with E-state index in [0.29, 0.717) is 19.5 Å². The van der Waals surface area contributed by atoms with Gasteiger partial charge in [0.05, 0.1) is 17.9 Å². The number of carbonyl (C=O) groups is 3. The number of fused-ring (bicyclic) bond motifs is 1. The fourth-order valence-electron chi connectivity index (χ4n) is 4.39. The standard InChI is InChI=1S/C18H23F2N5O4.C7H7N3/c19-14-7-12(25-10-13(9-21)29-18(25)28)8-15(20)17(14)24-5-3-23(4-6-24)16(27)1-2-22-11-26;1-6-5-10-4-2-3-8-7(10)9-6/h7-8,11,13H,1-6,9-10,21H2,(H,22,26);2-5H,1H3. The second kappa shape index (κ2) is 12.5. The average Bonchev–Trinajstić information content (AvgIpc) is 3.50. The van der Waals surface area contributed by atoms with E-state index in [1.165, 1.54) is 4.90 Å². The molecule has 0 radical (unpaired) electrons. The van der Waals surface area contributed by atoms with Crippen molar-refractivity contribution >= 4 is 35.6 Å². The summed E-state index contributed by atoms with van der Waals surface area (Å²) in [5, 5.41) is 2.42. The van der Waals surface area contributed by atoms with Crippen LogP contribution in [0.15, 0.2) is 36.8 Å². The van der Waals surface area contributed by atoms with Gasteiger partial charge in [-0.05, 0) is 13.0 Å². The minimum absolute atomic E-state index is 0.0705. The first-order valence-corrected chi connectivity index (χ1v) is 12.4. The van der Waals surface area contributed by atoms with Gasteiger partial charge in [-0.3, -0.25) is 18.9 Å². The Balaban J connectivity index is 0.000000292. The highest BCUT2D eigenvalue weighted by Crippen LogP contribution is 2.31. The van der Waals surface area contributed by atoms with Gasteiger partial charge in [-0.1, -0.05) is 0 Å². The van der Waals surface area contributed by atoms with Crippen molar-refractivity contribution in [1.82, 2.24) is 24.6 Å². The molecule has 2 aliphatic heterocycles. The second-order valence-corrected chi connectivity index (χ2v) is 9.01. The van der Waals surface area contributed by atoms with Gasteiger partial charge in [-0.2, -0.15) is 0 Å². The number of carbonyl (C=O) groups excluding carboxylic acids is 3. The number of imidazole rings is 1. The number of aromatic nitrogens is 3. The first-order chi connectivity index (χ1) is 18.8. The third kappa shape index (κ3) is 6.57. The summed E-state index contributed by atoms with van der Waals surface area (Å²) in [5.41, 5.74) is 6.36. The summed E-state index contributed by atoms with van der Waals surface area (Å²) in [6.45, 7) is 3.62. The second-order valence-electron chi connectivity index (χ2n) is 9.01. The fraction of sp³-hybridized carbons (Fsp3) is 0.400. The molecule has 2 aromatic heterocycles. The predicted octanol–water partition coefficient (Wildman–Crippen LogP) is 1.07. The lowest BCUT2D eigenvalue weighted by molar-refractivity contribution is -0.131. The Kier molecular flexibility index (Phi) is 8.86. The molecule has 3 amide bonds. The van der Waals surface area contributed by atoms with E-state index in [1.807, 2.05) is 29.8 Å². The molecule has 0 aliphatic carbocycles. The van der Waals surface area contributed by atoms with Gasteiger partial charge in [0.25, 0.3) is 0 Å². The van der Waals surface area contributed by atoms with Crippen LogP contribution < -0.4 is 20.9 Å². The number of cyclic esters (lactones) is 1. The Morgan fingerprint density at radius 1 is 1.23 bits per heavy atom. The van der Waals surface area contributed by atoms with Crippen LogP contribution in [0.3, 0.4) is 0 Å². The van der Waals surface area contributed by atoms with Crippen molar-refractivity contribution in [3.05, 3.63) is 54.1 Å². The van der Waals surface area contributed by atoms with E-state index in [2.05, 4.69) is 15.3 Å². The third-order valence-corrected chi connectivity index (χ3v) is 6.32. The summed E-state index contributed by atoms with van der Waals surface area (Å²) in [6, 6.07) is 4.08. The molecule has 3 N–H and O–H groups in total. The van der Waals surface area contributed by atoms with Crippen LogP contribution in [0.5, 0.6) is 0 Å². The third-order valence-electron chi connectivity index (χ3n) is 6.32. The molecular formula is C25H30F2N8O4.